The highest BCUT2D eigenvalue weighted by Crippen LogP contribution is 2.27. The summed E-state index contributed by atoms with van der Waals surface area (Å²) in [6.07, 6.45) is 2.52. The second kappa shape index (κ2) is 8.23. The molecule has 2 heterocycles. The molecule has 0 radical (unpaired) electrons. The molecule has 0 bridgehead atoms. The van der Waals surface area contributed by atoms with E-state index in [1.54, 1.807) is 30.5 Å². The van der Waals surface area contributed by atoms with Crippen molar-refractivity contribution in [3.63, 3.8) is 0 Å². The van der Waals surface area contributed by atoms with Crippen molar-refractivity contribution >= 4 is 5.91 Å². The molecule has 0 fully saturated rings. The van der Waals surface area contributed by atoms with Crippen LogP contribution in [-0.2, 0) is 29.5 Å². The van der Waals surface area contributed by atoms with E-state index < -0.39 is 0 Å². The quantitative estimate of drug-likeness (QED) is 0.754. The monoisotopic (exact) mass is 359 g/mol. The average molecular weight is 359 g/mol. The fourth-order valence-corrected chi connectivity index (χ4v) is 3.18. The number of aromatic nitrogens is 2. The minimum absolute atomic E-state index is 0.0216. The van der Waals surface area contributed by atoms with Gasteiger partial charge in [0.15, 0.2) is 18.1 Å². The number of aryl methyl sites for hydroxylation is 1. The number of amides is 1. The second-order valence-electron chi connectivity index (χ2n) is 6.23. The normalized spacial score (nSPS) is 16.3. The fraction of sp³-hybridized carbons (Fsp3) is 0.474. The van der Waals surface area contributed by atoms with Crippen molar-refractivity contribution in [1.82, 2.24) is 14.5 Å². The molecule has 1 aliphatic heterocycles. The van der Waals surface area contributed by atoms with Gasteiger partial charge in [-0.1, -0.05) is 12.1 Å². The molecule has 1 atom stereocenters. The SMILES string of the molecule is CCOCC1Cc2c(ncn2C)CN1C(=O)COc1ccccc1OC. The first-order chi connectivity index (χ1) is 12.6. The van der Waals surface area contributed by atoms with Crippen molar-refractivity contribution in [1.29, 1.82) is 0 Å². The number of carbonyl (C=O) groups excluding carboxylic acids is 1. The number of rotatable bonds is 7. The number of fused-ring (bicyclic) bond motifs is 1. The number of nitrogens with zero attached hydrogens (tertiary/aromatic N) is 3. The average Bonchev–Trinajstić information content (AvgIpc) is 3.03. The van der Waals surface area contributed by atoms with Gasteiger partial charge in [-0.25, -0.2) is 4.98 Å². The van der Waals surface area contributed by atoms with E-state index in [1.807, 2.05) is 30.7 Å². The van der Waals surface area contributed by atoms with Gasteiger partial charge in [-0.2, -0.15) is 0 Å². The van der Waals surface area contributed by atoms with Crippen LogP contribution in [0.1, 0.15) is 18.3 Å². The van der Waals surface area contributed by atoms with Gasteiger partial charge in [0.1, 0.15) is 0 Å². The Balaban J connectivity index is 1.71. The van der Waals surface area contributed by atoms with E-state index in [9.17, 15) is 4.79 Å². The number of para-hydroxylation sites is 2. The zero-order valence-corrected chi connectivity index (χ0v) is 15.5. The van der Waals surface area contributed by atoms with Crippen LogP contribution in [0.2, 0.25) is 0 Å². The van der Waals surface area contributed by atoms with Crippen LogP contribution in [0.4, 0.5) is 0 Å². The summed E-state index contributed by atoms with van der Waals surface area (Å²) in [4.78, 5) is 19.1. The number of carbonyl (C=O) groups is 1. The van der Waals surface area contributed by atoms with Crippen LogP contribution in [0.15, 0.2) is 30.6 Å². The Morgan fingerprint density at radius 1 is 1.31 bits per heavy atom. The third-order valence-corrected chi connectivity index (χ3v) is 4.59. The lowest BCUT2D eigenvalue weighted by molar-refractivity contribution is -0.138. The molecule has 1 aromatic carbocycles. The van der Waals surface area contributed by atoms with Gasteiger partial charge in [-0.05, 0) is 19.1 Å². The number of benzene rings is 1. The van der Waals surface area contributed by atoms with Gasteiger partial charge in [-0.15, -0.1) is 0 Å². The number of hydrogen-bond donors (Lipinski definition) is 0. The molecule has 0 N–H and O–H groups in total. The maximum Gasteiger partial charge on any atom is 0.261 e. The molecular weight excluding hydrogens is 334 g/mol. The van der Waals surface area contributed by atoms with E-state index in [4.69, 9.17) is 14.2 Å². The maximum absolute atomic E-state index is 12.8. The predicted octanol–water partition coefficient (Wildman–Crippen LogP) is 1.80. The van der Waals surface area contributed by atoms with Crippen LogP contribution >= 0.6 is 0 Å². The first kappa shape index (κ1) is 18.3. The maximum atomic E-state index is 12.8. The van der Waals surface area contributed by atoms with Gasteiger partial charge in [-0.3, -0.25) is 4.79 Å². The molecule has 0 spiro atoms. The van der Waals surface area contributed by atoms with Crippen LogP contribution in [0, 0.1) is 0 Å². The Bertz CT molecular complexity index is 759. The molecule has 0 aliphatic carbocycles. The smallest absolute Gasteiger partial charge is 0.261 e. The van der Waals surface area contributed by atoms with Gasteiger partial charge >= 0.3 is 0 Å². The molecule has 1 aliphatic rings. The number of methoxy groups -OCH3 is 1. The van der Waals surface area contributed by atoms with E-state index in [0.29, 0.717) is 31.3 Å². The Hall–Kier alpha value is -2.54. The molecule has 26 heavy (non-hydrogen) atoms. The molecule has 1 amide bonds. The molecule has 7 nitrogen and oxygen atoms in total. The van der Waals surface area contributed by atoms with Crippen molar-refractivity contribution in [3.05, 3.63) is 42.0 Å². The summed E-state index contributed by atoms with van der Waals surface area (Å²) in [5, 5.41) is 0. The van der Waals surface area contributed by atoms with E-state index in [2.05, 4.69) is 4.98 Å². The third-order valence-electron chi connectivity index (χ3n) is 4.59. The highest BCUT2D eigenvalue weighted by Gasteiger charge is 2.32. The van der Waals surface area contributed by atoms with Crippen LogP contribution < -0.4 is 9.47 Å². The highest BCUT2D eigenvalue weighted by molar-refractivity contribution is 5.78. The van der Waals surface area contributed by atoms with E-state index in [1.165, 1.54) is 0 Å². The predicted molar refractivity (Wildman–Crippen MR) is 96.2 cm³/mol. The first-order valence-corrected chi connectivity index (χ1v) is 8.76. The zero-order valence-electron chi connectivity index (χ0n) is 15.5. The van der Waals surface area contributed by atoms with E-state index in [-0.39, 0.29) is 18.6 Å². The molecule has 1 aromatic heterocycles. The van der Waals surface area contributed by atoms with Crippen molar-refractivity contribution in [3.8, 4) is 11.5 Å². The van der Waals surface area contributed by atoms with Gasteiger partial charge in [0.25, 0.3) is 5.91 Å². The lowest BCUT2D eigenvalue weighted by Crippen LogP contribution is -2.48. The lowest BCUT2D eigenvalue weighted by Gasteiger charge is -2.35. The summed E-state index contributed by atoms with van der Waals surface area (Å²) < 4.78 is 18.6. The van der Waals surface area contributed by atoms with Crippen LogP contribution in [0.25, 0.3) is 0 Å². The molecule has 7 heteroatoms. The Kier molecular flexibility index (Phi) is 5.78. The molecule has 2 aromatic rings. The number of imidazole rings is 1. The summed E-state index contributed by atoms with van der Waals surface area (Å²) in [5.41, 5.74) is 2.09. The molecule has 0 saturated heterocycles. The second-order valence-corrected chi connectivity index (χ2v) is 6.23. The summed E-state index contributed by atoms with van der Waals surface area (Å²) in [5.74, 6) is 1.08. The van der Waals surface area contributed by atoms with Crippen LogP contribution in [0.5, 0.6) is 11.5 Å². The van der Waals surface area contributed by atoms with Crippen LogP contribution in [-0.4, -0.2) is 53.3 Å². The fourth-order valence-electron chi connectivity index (χ4n) is 3.18. The summed E-state index contributed by atoms with van der Waals surface area (Å²) in [6.45, 7) is 3.50. The molecule has 1 unspecified atom stereocenters. The minimum atomic E-state index is -0.0862. The van der Waals surface area contributed by atoms with Gasteiger partial charge < -0.3 is 23.7 Å². The van der Waals surface area contributed by atoms with Gasteiger partial charge in [0.05, 0.1) is 38.3 Å². The third kappa shape index (κ3) is 3.83. The molecule has 140 valence electrons. The highest BCUT2D eigenvalue weighted by atomic mass is 16.5. The van der Waals surface area contributed by atoms with E-state index >= 15 is 0 Å². The Morgan fingerprint density at radius 2 is 2.08 bits per heavy atom. The lowest BCUT2D eigenvalue weighted by atomic mass is 10.0. The first-order valence-electron chi connectivity index (χ1n) is 8.76. The van der Waals surface area contributed by atoms with Crippen molar-refractivity contribution in [2.45, 2.75) is 25.9 Å². The van der Waals surface area contributed by atoms with Gasteiger partial charge in [0, 0.05) is 25.8 Å². The largest absolute Gasteiger partial charge is 0.493 e. The van der Waals surface area contributed by atoms with Gasteiger partial charge in [0.2, 0.25) is 0 Å². The van der Waals surface area contributed by atoms with Crippen molar-refractivity contribution in [2.24, 2.45) is 7.05 Å². The van der Waals surface area contributed by atoms with Crippen LogP contribution in [0.3, 0.4) is 0 Å². The van der Waals surface area contributed by atoms with E-state index in [0.717, 1.165) is 17.8 Å². The standard InChI is InChI=1S/C19H25N3O4/c1-4-25-11-14-9-16-15(20-13-21(16)2)10-22(14)19(23)12-26-18-8-6-5-7-17(18)24-3/h5-8,13-14H,4,9-12H2,1-3H3. The Labute approximate surface area is 153 Å². The summed E-state index contributed by atoms with van der Waals surface area (Å²) in [6, 6.07) is 7.28. The molecule has 3 rings (SSSR count). The molecule has 0 saturated carbocycles. The summed E-state index contributed by atoms with van der Waals surface area (Å²) in [7, 11) is 3.56. The Morgan fingerprint density at radius 3 is 2.81 bits per heavy atom. The number of ether oxygens (including phenoxy) is 3. The van der Waals surface area contributed by atoms with Crippen molar-refractivity contribution in [2.75, 3.05) is 26.9 Å². The zero-order chi connectivity index (χ0) is 18.5. The number of hydrogen-bond acceptors (Lipinski definition) is 5. The summed E-state index contributed by atoms with van der Waals surface area (Å²) >= 11 is 0. The van der Waals surface area contributed by atoms with Crippen molar-refractivity contribution < 1.29 is 19.0 Å². The molecular formula is C19H25N3O4. The minimum Gasteiger partial charge on any atom is -0.493 e. The topological polar surface area (TPSA) is 65.8 Å².